The van der Waals surface area contributed by atoms with E-state index in [9.17, 15) is 0 Å². The smallest absolute Gasteiger partial charge is 0.0602 e. The Morgan fingerprint density at radius 2 is 2.38 bits per heavy atom. The van der Waals surface area contributed by atoms with Crippen molar-refractivity contribution in [2.75, 3.05) is 0 Å². The summed E-state index contributed by atoms with van der Waals surface area (Å²) in [6.07, 6.45) is 10.3. The average molecular weight is 189 g/mol. The molecule has 0 atom stereocenters. The quantitative estimate of drug-likeness (QED) is 0.652. The maximum atomic E-state index is 3.33. The molecule has 0 unspecified atom stereocenters. The topological polar surface area (TPSA) is 15.8 Å². The Bertz CT molecular complexity index is 461. The largest absolute Gasteiger partial charge is 0.360 e. The summed E-state index contributed by atoms with van der Waals surface area (Å²) in [6.45, 7) is 0. The molecule has 0 aromatic carbocycles. The summed E-state index contributed by atoms with van der Waals surface area (Å²) < 4.78 is 1.40. The number of rotatable bonds is 0. The number of allylic oxidation sites excluding steroid dienone is 1. The third-order valence-electron chi connectivity index (χ3n) is 2.59. The van der Waals surface area contributed by atoms with E-state index in [-0.39, 0.29) is 0 Å². The normalized spacial score (nSPS) is 16.0. The van der Waals surface area contributed by atoms with E-state index in [1.807, 2.05) is 17.5 Å². The Kier molecular flexibility index (Phi) is 1.56. The first-order chi connectivity index (χ1) is 6.45. The van der Waals surface area contributed by atoms with Crippen molar-refractivity contribution in [1.29, 1.82) is 0 Å². The second-order valence-corrected chi connectivity index (χ2v) is 4.54. The van der Waals surface area contributed by atoms with Gasteiger partial charge in [-0.1, -0.05) is 6.08 Å². The zero-order valence-corrected chi connectivity index (χ0v) is 8.16. The van der Waals surface area contributed by atoms with Gasteiger partial charge in [0.2, 0.25) is 0 Å². The molecule has 0 amide bonds. The van der Waals surface area contributed by atoms with Crippen molar-refractivity contribution in [3.63, 3.8) is 0 Å². The third kappa shape index (κ3) is 1.05. The van der Waals surface area contributed by atoms with Crippen LogP contribution in [0.25, 0.3) is 16.3 Å². The molecule has 1 N–H and O–H groups in total. The highest BCUT2D eigenvalue weighted by Crippen LogP contribution is 2.33. The number of fused-ring (bicyclic) bond motifs is 3. The van der Waals surface area contributed by atoms with Crippen LogP contribution in [0.15, 0.2) is 18.3 Å². The van der Waals surface area contributed by atoms with E-state index < -0.39 is 0 Å². The number of aromatic nitrogens is 1. The molecule has 2 heterocycles. The summed E-state index contributed by atoms with van der Waals surface area (Å²) in [5.74, 6) is 0. The number of nitrogens with one attached hydrogen (secondary N) is 1. The molecule has 0 saturated carbocycles. The first-order valence-corrected chi connectivity index (χ1v) is 5.52. The van der Waals surface area contributed by atoms with E-state index >= 15 is 0 Å². The Hall–Kier alpha value is -1.02. The molecular formula is C11H11NS. The van der Waals surface area contributed by atoms with Gasteiger partial charge in [-0.15, -0.1) is 11.3 Å². The van der Waals surface area contributed by atoms with Crippen LogP contribution in [-0.2, 0) is 6.42 Å². The van der Waals surface area contributed by atoms with Gasteiger partial charge in [-0.25, -0.2) is 0 Å². The molecule has 2 aromatic heterocycles. The molecule has 2 aromatic rings. The van der Waals surface area contributed by atoms with E-state index in [4.69, 9.17) is 0 Å². The minimum Gasteiger partial charge on any atom is -0.360 e. The van der Waals surface area contributed by atoms with E-state index in [1.54, 1.807) is 0 Å². The fourth-order valence-corrected chi connectivity index (χ4v) is 3.10. The lowest BCUT2D eigenvalue weighted by molar-refractivity contribution is 0.857. The van der Waals surface area contributed by atoms with Crippen molar-refractivity contribution >= 4 is 27.6 Å². The predicted molar refractivity (Wildman–Crippen MR) is 58.1 cm³/mol. The lowest BCUT2D eigenvalue weighted by Gasteiger charge is -1.94. The second kappa shape index (κ2) is 2.74. The van der Waals surface area contributed by atoms with Gasteiger partial charge in [0.05, 0.1) is 10.2 Å². The van der Waals surface area contributed by atoms with Gasteiger partial charge < -0.3 is 4.98 Å². The number of hydrogen-bond acceptors (Lipinski definition) is 1. The van der Waals surface area contributed by atoms with Gasteiger partial charge in [0.25, 0.3) is 0 Å². The molecule has 0 aliphatic heterocycles. The molecule has 2 heteroatoms. The van der Waals surface area contributed by atoms with Crippen LogP contribution < -0.4 is 0 Å². The van der Waals surface area contributed by atoms with E-state index in [0.717, 1.165) is 0 Å². The number of hydrogen-bond donors (Lipinski definition) is 1. The predicted octanol–water partition coefficient (Wildman–Crippen LogP) is 3.58. The second-order valence-electron chi connectivity index (χ2n) is 3.46. The Morgan fingerprint density at radius 3 is 3.38 bits per heavy atom. The molecule has 0 bridgehead atoms. The van der Waals surface area contributed by atoms with Gasteiger partial charge in [0.15, 0.2) is 0 Å². The zero-order valence-electron chi connectivity index (χ0n) is 7.34. The van der Waals surface area contributed by atoms with Crippen LogP contribution in [0.3, 0.4) is 0 Å². The number of H-pyrrole nitrogens is 1. The summed E-state index contributed by atoms with van der Waals surface area (Å²) in [5, 5.41) is 0. The first kappa shape index (κ1) is 7.39. The van der Waals surface area contributed by atoms with E-state index in [1.165, 1.54) is 39.9 Å². The molecule has 1 aliphatic carbocycles. The van der Waals surface area contributed by atoms with Crippen LogP contribution in [0.4, 0.5) is 0 Å². The minimum atomic E-state index is 1.23. The van der Waals surface area contributed by atoms with Gasteiger partial charge in [-0.3, -0.25) is 0 Å². The molecular weight excluding hydrogens is 178 g/mol. The van der Waals surface area contributed by atoms with Crippen LogP contribution in [-0.4, -0.2) is 4.98 Å². The van der Waals surface area contributed by atoms with Crippen LogP contribution >= 0.6 is 11.3 Å². The summed E-state index contributed by atoms with van der Waals surface area (Å²) in [5.41, 5.74) is 2.89. The monoisotopic (exact) mass is 189 g/mol. The van der Waals surface area contributed by atoms with Crippen molar-refractivity contribution in [3.8, 4) is 0 Å². The van der Waals surface area contributed by atoms with Crippen LogP contribution in [0.1, 0.15) is 23.3 Å². The van der Waals surface area contributed by atoms with Crippen LogP contribution in [0.2, 0.25) is 0 Å². The molecule has 3 rings (SSSR count). The Morgan fingerprint density at radius 1 is 1.38 bits per heavy atom. The van der Waals surface area contributed by atoms with Gasteiger partial charge in [0.1, 0.15) is 0 Å². The summed E-state index contributed by atoms with van der Waals surface area (Å²) in [7, 11) is 0. The van der Waals surface area contributed by atoms with Crippen molar-refractivity contribution in [2.24, 2.45) is 0 Å². The van der Waals surface area contributed by atoms with Crippen molar-refractivity contribution in [2.45, 2.75) is 19.3 Å². The minimum absolute atomic E-state index is 1.23. The average Bonchev–Trinajstić information content (AvgIpc) is 2.61. The van der Waals surface area contributed by atoms with E-state index in [0.29, 0.717) is 0 Å². The van der Waals surface area contributed by atoms with Crippen LogP contribution in [0.5, 0.6) is 0 Å². The fraction of sp³-hybridized carbons (Fsp3) is 0.273. The SMILES string of the molecule is C1=Cc2sc3cc[nH]c3c2CCC1. The van der Waals surface area contributed by atoms with Crippen molar-refractivity contribution in [3.05, 3.63) is 28.8 Å². The maximum Gasteiger partial charge on any atom is 0.0602 e. The Balaban J connectivity index is 2.31. The highest BCUT2D eigenvalue weighted by molar-refractivity contribution is 7.20. The molecule has 0 spiro atoms. The van der Waals surface area contributed by atoms with Gasteiger partial charge in [-0.05, 0) is 37.0 Å². The van der Waals surface area contributed by atoms with Crippen molar-refractivity contribution < 1.29 is 0 Å². The fourth-order valence-electron chi connectivity index (χ4n) is 1.95. The highest BCUT2D eigenvalue weighted by atomic mass is 32.1. The molecule has 13 heavy (non-hydrogen) atoms. The molecule has 0 saturated heterocycles. The summed E-state index contributed by atoms with van der Waals surface area (Å²) >= 11 is 1.90. The lowest BCUT2D eigenvalue weighted by Crippen LogP contribution is -1.82. The number of aromatic amines is 1. The van der Waals surface area contributed by atoms with Gasteiger partial charge in [-0.2, -0.15) is 0 Å². The zero-order chi connectivity index (χ0) is 8.67. The lowest BCUT2D eigenvalue weighted by atomic mass is 10.1. The van der Waals surface area contributed by atoms with Gasteiger partial charge >= 0.3 is 0 Å². The molecule has 66 valence electrons. The number of thiophene rings is 1. The van der Waals surface area contributed by atoms with Crippen molar-refractivity contribution in [1.82, 2.24) is 4.98 Å². The van der Waals surface area contributed by atoms with Crippen LogP contribution in [0, 0.1) is 0 Å². The third-order valence-corrected chi connectivity index (χ3v) is 3.76. The highest BCUT2D eigenvalue weighted by Gasteiger charge is 2.11. The molecule has 0 radical (unpaired) electrons. The van der Waals surface area contributed by atoms with E-state index in [2.05, 4.69) is 23.2 Å². The maximum absolute atomic E-state index is 3.33. The molecule has 0 fully saturated rings. The van der Waals surface area contributed by atoms with Gasteiger partial charge in [0, 0.05) is 11.1 Å². The molecule has 1 nitrogen and oxygen atoms in total. The first-order valence-electron chi connectivity index (χ1n) is 4.70. The number of aryl methyl sites for hydroxylation is 1. The Labute approximate surface area is 81.1 Å². The summed E-state index contributed by atoms with van der Waals surface area (Å²) in [4.78, 5) is 4.79. The standard InChI is InChI=1S/C11H11NS/c1-2-4-8-9(5-3-1)13-10-6-7-12-11(8)10/h3,5-7,12H,1-2,4H2. The molecule has 1 aliphatic rings. The summed E-state index contributed by atoms with van der Waals surface area (Å²) in [6, 6.07) is 2.17.